The fourth-order valence-electron chi connectivity index (χ4n) is 2.06. The van der Waals surface area contributed by atoms with Gasteiger partial charge in [-0.3, -0.25) is 9.59 Å². The van der Waals surface area contributed by atoms with E-state index in [-0.39, 0.29) is 30.1 Å². The summed E-state index contributed by atoms with van der Waals surface area (Å²) >= 11 is 0. The monoisotopic (exact) mass is 228 g/mol. The van der Waals surface area contributed by atoms with Crippen LogP contribution in [0.2, 0.25) is 0 Å². The maximum atomic E-state index is 11.3. The van der Waals surface area contributed by atoms with E-state index >= 15 is 0 Å². The van der Waals surface area contributed by atoms with Crippen LogP contribution in [0.15, 0.2) is 0 Å². The average molecular weight is 228 g/mol. The van der Waals surface area contributed by atoms with Crippen LogP contribution in [0.3, 0.4) is 0 Å². The highest BCUT2D eigenvalue weighted by molar-refractivity contribution is 5.71. The summed E-state index contributed by atoms with van der Waals surface area (Å²) in [5.74, 6) is -0.0693. The molecule has 3 unspecified atom stereocenters. The molecule has 92 valence electrons. The van der Waals surface area contributed by atoms with Crippen molar-refractivity contribution < 1.29 is 19.1 Å². The first-order valence-electron chi connectivity index (χ1n) is 5.76. The Balaban J connectivity index is 2.71. The van der Waals surface area contributed by atoms with Crippen LogP contribution in [-0.2, 0) is 19.1 Å². The van der Waals surface area contributed by atoms with Crippen molar-refractivity contribution in [1.29, 1.82) is 0 Å². The molecular weight excluding hydrogens is 208 g/mol. The number of hydrogen-bond acceptors (Lipinski definition) is 4. The van der Waals surface area contributed by atoms with Crippen molar-refractivity contribution in [1.82, 2.24) is 0 Å². The van der Waals surface area contributed by atoms with Gasteiger partial charge in [-0.1, -0.05) is 20.8 Å². The second kappa shape index (κ2) is 5.32. The quantitative estimate of drug-likeness (QED) is 0.692. The highest BCUT2D eigenvalue weighted by atomic mass is 16.6. The van der Waals surface area contributed by atoms with Crippen molar-refractivity contribution >= 4 is 11.9 Å². The molecule has 1 aliphatic rings. The van der Waals surface area contributed by atoms with E-state index in [1.54, 1.807) is 0 Å². The van der Waals surface area contributed by atoms with Gasteiger partial charge in [-0.2, -0.15) is 0 Å². The van der Waals surface area contributed by atoms with E-state index < -0.39 is 0 Å². The molecule has 3 atom stereocenters. The molecule has 4 heteroatoms. The second-order valence-electron chi connectivity index (χ2n) is 4.91. The molecule has 4 nitrogen and oxygen atoms in total. The van der Waals surface area contributed by atoms with Crippen LogP contribution in [0.25, 0.3) is 0 Å². The summed E-state index contributed by atoms with van der Waals surface area (Å²) in [6, 6.07) is 0. The first kappa shape index (κ1) is 13.0. The lowest BCUT2D eigenvalue weighted by Gasteiger charge is -2.35. The summed E-state index contributed by atoms with van der Waals surface area (Å²) in [6.07, 6.45) is 0.471. The molecule has 1 aliphatic heterocycles. The predicted octanol–water partition coefficient (Wildman–Crippen LogP) is 1.92. The zero-order chi connectivity index (χ0) is 12.3. The molecule has 0 aromatic carbocycles. The maximum Gasteiger partial charge on any atom is 0.306 e. The van der Waals surface area contributed by atoms with Crippen molar-refractivity contribution in [3.8, 4) is 0 Å². The zero-order valence-corrected chi connectivity index (χ0v) is 10.4. The molecule has 1 rings (SSSR count). The normalized spacial score (nSPS) is 30.1. The maximum absolute atomic E-state index is 11.3. The first-order valence-corrected chi connectivity index (χ1v) is 5.76. The molecule has 0 aliphatic carbocycles. The van der Waals surface area contributed by atoms with E-state index in [2.05, 4.69) is 13.8 Å². The average Bonchev–Trinajstić information content (AvgIpc) is 2.09. The topological polar surface area (TPSA) is 52.6 Å². The van der Waals surface area contributed by atoms with Gasteiger partial charge >= 0.3 is 11.9 Å². The minimum atomic E-state index is -0.316. The third kappa shape index (κ3) is 3.51. The highest BCUT2D eigenvalue weighted by Crippen LogP contribution is 2.28. The molecule has 16 heavy (non-hydrogen) atoms. The Bertz CT molecular complexity index is 272. The smallest absolute Gasteiger partial charge is 0.306 e. The van der Waals surface area contributed by atoms with Crippen LogP contribution < -0.4 is 0 Å². The minimum absolute atomic E-state index is 0.0360. The molecule has 0 spiro atoms. The summed E-state index contributed by atoms with van der Waals surface area (Å²) in [7, 11) is 0. The van der Waals surface area contributed by atoms with Gasteiger partial charge in [0.05, 0.1) is 6.42 Å². The minimum Gasteiger partial charge on any atom is -0.458 e. The molecule has 0 aromatic heterocycles. The molecule has 1 saturated heterocycles. The Kier molecular flexibility index (Phi) is 4.33. The lowest BCUT2D eigenvalue weighted by Crippen LogP contribution is -2.45. The molecule has 0 N–H and O–H groups in total. The fraction of sp³-hybridized carbons (Fsp3) is 0.833. The summed E-state index contributed by atoms with van der Waals surface area (Å²) < 4.78 is 10.5. The lowest BCUT2D eigenvalue weighted by atomic mass is 9.89. The number of esters is 2. The summed E-state index contributed by atoms with van der Waals surface area (Å²) in [6.45, 7) is 7.41. The van der Waals surface area contributed by atoms with Crippen LogP contribution in [0.1, 0.15) is 40.5 Å². The van der Waals surface area contributed by atoms with Gasteiger partial charge < -0.3 is 9.47 Å². The number of carbonyl (C=O) groups excluding carboxylic acids is 2. The molecule has 0 amide bonds. The van der Waals surface area contributed by atoms with Gasteiger partial charge in [0.25, 0.3) is 0 Å². The zero-order valence-electron chi connectivity index (χ0n) is 10.4. The van der Waals surface area contributed by atoms with Gasteiger partial charge in [-0.15, -0.1) is 0 Å². The van der Waals surface area contributed by atoms with E-state index in [4.69, 9.17) is 9.47 Å². The molecule has 0 aromatic rings. The summed E-state index contributed by atoms with van der Waals surface area (Å²) in [5.41, 5.74) is 0. The number of ether oxygens (including phenoxy) is 2. The number of hydrogen-bond donors (Lipinski definition) is 0. The molecule has 0 bridgehead atoms. The van der Waals surface area contributed by atoms with E-state index in [1.165, 1.54) is 6.92 Å². The van der Waals surface area contributed by atoms with Gasteiger partial charge in [0.2, 0.25) is 0 Å². The van der Waals surface area contributed by atoms with Crippen molar-refractivity contribution in [3.63, 3.8) is 0 Å². The molecule has 0 saturated carbocycles. The van der Waals surface area contributed by atoms with Crippen LogP contribution in [-0.4, -0.2) is 24.1 Å². The van der Waals surface area contributed by atoms with Crippen molar-refractivity contribution in [2.24, 2.45) is 11.8 Å². The SMILES string of the molecule is CC(=O)OC1C(C)CC(=O)OC1CC(C)C. The number of carbonyl (C=O) groups is 2. The van der Waals surface area contributed by atoms with Crippen molar-refractivity contribution in [2.45, 2.75) is 52.7 Å². The van der Waals surface area contributed by atoms with E-state index in [9.17, 15) is 9.59 Å². The van der Waals surface area contributed by atoms with E-state index in [0.29, 0.717) is 12.3 Å². The van der Waals surface area contributed by atoms with Crippen LogP contribution in [0, 0.1) is 11.8 Å². The predicted molar refractivity (Wildman–Crippen MR) is 58.7 cm³/mol. The molecule has 0 radical (unpaired) electrons. The largest absolute Gasteiger partial charge is 0.458 e. The van der Waals surface area contributed by atoms with Crippen LogP contribution >= 0.6 is 0 Å². The van der Waals surface area contributed by atoms with E-state index in [1.807, 2.05) is 6.92 Å². The Morgan fingerprint density at radius 2 is 2.19 bits per heavy atom. The number of rotatable bonds is 3. The molecular formula is C12H20O4. The van der Waals surface area contributed by atoms with Gasteiger partial charge in [-0.05, 0) is 12.3 Å². The van der Waals surface area contributed by atoms with Crippen LogP contribution in [0.5, 0.6) is 0 Å². The molecule has 1 fully saturated rings. The van der Waals surface area contributed by atoms with E-state index in [0.717, 1.165) is 6.42 Å². The lowest BCUT2D eigenvalue weighted by molar-refractivity contribution is -0.184. The third-order valence-corrected chi connectivity index (χ3v) is 2.70. The van der Waals surface area contributed by atoms with Gasteiger partial charge in [0, 0.05) is 12.8 Å². The summed E-state index contributed by atoms with van der Waals surface area (Å²) in [5, 5.41) is 0. The molecule has 1 heterocycles. The van der Waals surface area contributed by atoms with Gasteiger partial charge in [0.15, 0.2) is 0 Å². The third-order valence-electron chi connectivity index (χ3n) is 2.70. The first-order chi connectivity index (χ1) is 7.40. The Hall–Kier alpha value is -1.06. The van der Waals surface area contributed by atoms with Gasteiger partial charge in [-0.25, -0.2) is 0 Å². The standard InChI is InChI=1S/C12H20O4/c1-7(2)5-10-12(15-9(4)13)8(3)6-11(14)16-10/h7-8,10,12H,5-6H2,1-4H3. The van der Waals surface area contributed by atoms with Crippen molar-refractivity contribution in [3.05, 3.63) is 0 Å². The second-order valence-corrected chi connectivity index (χ2v) is 4.91. The Morgan fingerprint density at radius 3 is 2.69 bits per heavy atom. The number of cyclic esters (lactones) is 1. The Labute approximate surface area is 96.3 Å². The Morgan fingerprint density at radius 1 is 1.56 bits per heavy atom. The summed E-state index contributed by atoms with van der Waals surface area (Å²) in [4.78, 5) is 22.3. The van der Waals surface area contributed by atoms with Crippen molar-refractivity contribution in [2.75, 3.05) is 0 Å². The highest BCUT2D eigenvalue weighted by Gasteiger charge is 2.38. The fourth-order valence-corrected chi connectivity index (χ4v) is 2.06. The van der Waals surface area contributed by atoms with Crippen LogP contribution in [0.4, 0.5) is 0 Å². The van der Waals surface area contributed by atoms with Gasteiger partial charge in [0.1, 0.15) is 12.2 Å².